The number of hydrogen-bond acceptors (Lipinski definition) is 12. The molecule has 9 atom stereocenters. The maximum atomic E-state index is 11.4. The first-order valence-electron chi connectivity index (χ1n) is 11.0. The molecule has 35 heavy (non-hydrogen) atoms. The summed E-state index contributed by atoms with van der Waals surface area (Å²) in [6, 6.07) is 5.98. The molecule has 10 N–H and O–H groups in total. The van der Waals surface area contributed by atoms with E-state index in [4.69, 9.17) is 14.2 Å². The first-order valence-corrected chi connectivity index (χ1v) is 11.0. The van der Waals surface area contributed by atoms with Crippen LogP contribution in [0, 0.1) is 0 Å². The van der Waals surface area contributed by atoms with Crippen LogP contribution in [-0.2, 0) is 14.2 Å². The highest BCUT2D eigenvalue weighted by Gasteiger charge is 2.47. The number of rotatable bonds is 12. The van der Waals surface area contributed by atoms with Gasteiger partial charge in [-0.25, -0.2) is 4.79 Å². The van der Waals surface area contributed by atoms with Crippen LogP contribution in [0.25, 0.3) is 0 Å². The average molecular weight is 506 g/mol. The molecule has 7 unspecified atom stereocenters. The number of aliphatic hydroxyl groups excluding tert-OH is 7. The molecule has 1 saturated heterocycles. The molecule has 2 amide bonds. The van der Waals surface area contributed by atoms with E-state index >= 15 is 0 Å². The summed E-state index contributed by atoms with van der Waals surface area (Å²) in [7, 11) is 1.48. The highest BCUT2D eigenvalue weighted by Crippen LogP contribution is 2.27. The summed E-state index contributed by atoms with van der Waals surface area (Å²) in [6.45, 7) is -0.759. The molecule has 14 heteroatoms. The molecule has 1 aliphatic heterocycles. The lowest BCUT2D eigenvalue weighted by Crippen LogP contribution is -2.63. The summed E-state index contributed by atoms with van der Waals surface area (Å²) in [5.74, 6) is 0. The third-order valence-electron chi connectivity index (χ3n) is 5.36. The fourth-order valence-electron chi connectivity index (χ4n) is 3.32. The minimum atomic E-state index is -1.64. The lowest BCUT2D eigenvalue weighted by molar-refractivity contribution is -0.309. The topological polar surface area (TPSA) is 222 Å². The van der Waals surface area contributed by atoms with Gasteiger partial charge < -0.3 is 65.9 Å². The number of hydrogen-bond donors (Lipinski definition) is 10. The monoisotopic (exact) mass is 505 g/mol. The van der Waals surface area contributed by atoms with Crippen LogP contribution >= 0.6 is 0 Å². The van der Waals surface area contributed by atoms with Gasteiger partial charge in [0, 0.05) is 18.4 Å². The number of urea groups is 1. The van der Waals surface area contributed by atoms with Crippen LogP contribution in [0.2, 0.25) is 0 Å². The van der Waals surface area contributed by atoms with E-state index in [1.165, 1.54) is 14.0 Å². The second kappa shape index (κ2) is 13.8. The third-order valence-corrected chi connectivity index (χ3v) is 5.36. The number of benzene rings is 1. The molecule has 200 valence electrons. The van der Waals surface area contributed by atoms with Crippen molar-refractivity contribution in [2.45, 2.75) is 62.2 Å². The SMILES string of the molecule is CNC(=O)Nc1ccc(NC2OC(CO)C(OC(OC(CO)[C@@H](C)O)[C@@H](O)CO)C(O)C2O)cc1. The van der Waals surface area contributed by atoms with E-state index in [1.807, 2.05) is 0 Å². The molecule has 1 heterocycles. The van der Waals surface area contributed by atoms with Crippen molar-refractivity contribution in [3.05, 3.63) is 24.3 Å². The number of aliphatic hydroxyl groups is 7. The minimum absolute atomic E-state index is 0.399. The molecule has 1 aromatic rings. The van der Waals surface area contributed by atoms with Crippen molar-refractivity contribution in [1.82, 2.24) is 5.32 Å². The lowest BCUT2D eigenvalue weighted by Gasteiger charge is -2.44. The van der Waals surface area contributed by atoms with Gasteiger partial charge >= 0.3 is 6.03 Å². The molecule has 14 nitrogen and oxygen atoms in total. The largest absolute Gasteiger partial charge is 0.394 e. The highest BCUT2D eigenvalue weighted by atomic mass is 16.7. The molecule has 2 rings (SSSR count). The summed E-state index contributed by atoms with van der Waals surface area (Å²) < 4.78 is 16.6. The Morgan fingerprint density at radius 1 is 1.06 bits per heavy atom. The number of nitrogens with one attached hydrogen (secondary N) is 3. The number of carbonyl (C=O) groups excluding carboxylic acids is 1. The normalized spacial score (nSPS) is 28.0. The predicted octanol–water partition coefficient (Wildman–Crippen LogP) is -2.89. The molecule has 0 saturated carbocycles. The van der Waals surface area contributed by atoms with Gasteiger partial charge in [0.2, 0.25) is 0 Å². The fourth-order valence-corrected chi connectivity index (χ4v) is 3.32. The Hall–Kier alpha value is -2.11. The summed E-state index contributed by atoms with van der Waals surface area (Å²) >= 11 is 0. The standard InChI is InChI=1S/C21H35N3O11/c1-10(28)14(8-26)34-20(13(29)7-25)35-18-15(9-27)33-19(17(31)16(18)30)23-11-3-5-12(6-4-11)24-21(32)22-2/h3-6,10,13-20,23,25-31H,7-9H2,1-2H3,(H2,22,24,32)/t10-,13+,14?,15?,16?,17?,18?,19?,20?/m1/s1. The maximum Gasteiger partial charge on any atom is 0.318 e. The fraction of sp³-hybridized carbons (Fsp3) is 0.667. The molecular weight excluding hydrogens is 470 g/mol. The zero-order chi connectivity index (χ0) is 26.1. The Labute approximate surface area is 202 Å². The van der Waals surface area contributed by atoms with Gasteiger partial charge in [-0.3, -0.25) is 0 Å². The van der Waals surface area contributed by atoms with Crippen LogP contribution in [0.1, 0.15) is 6.92 Å². The zero-order valence-electron chi connectivity index (χ0n) is 19.4. The van der Waals surface area contributed by atoms with E-state index in [2.05, 4.69) is 16.0 Å². The van der Waals surface area contributed by atoms with Crippen molar-refractivity contribution in [3.8, 4) is 0 Å². The smallest absolute Gasteiger partial charge is 0.318 e. The third kappa shape index (κ3) is 7.94. The maximum absolute atomic E-state index is 11.4. The molecule has 0 bridgehead atoms. The predicted molar refractivity (Wildman–Crippen MR) is 121 cm³/mol. The van der Waals surface area contributed by atoms with Crippen LogP contribution in [0.3, 0.4) is 0 Å². The number of amides is 2. The van der Waals surface area contributed by atoms with Crippen LogP contribution in [0.5, 0.6) is 0 Å². The van der Waals surface area contributed by atoms with E-state index in [1.54, 1.807) is 24.3 Å². The highest BCUT2D eigenvalue weighted by molar-refractivity contribution is 5.89. The van der Waals surface area contributed by atoms with E-state index in [0.717, 1.165) is 0 Å². The van der Waals surface area contributed by atoms with E-state index < -0.39 is 81.1 Å². The van der Waals surface area contributed by atoms with E-state index in [9.17, 15) is 40.5 Å². The summed E-state index contributed by atoms with van der Waals surface area (Å²) in [4.78, 5) is 11.4. The van der Waals surface area contributed by atoms with Gasteiger partial charge in [-0.1, -0.05) is 0 Å². The number of carbonyl (C=O) groups is 1. The first kappa shape index (κ1) is 29.1. The van der Waals surface area contributed by atoms with Crippen molar-refractivity contribution in [3.63, 3.8) is 0 Å². The van der Waals surface area contributed by atoms with Crippen LogP contribution in [0.15, 0.2) is 24.3 Å². The van der Waals surface area contributed by atoms with Gasteiger partial charge in [-0.2, -0.15) is 0 Å². The molecule has 1 fully saturated rings. The average Bonchev–Trinajstić information content (AvgIpc) is 2.85. The van der Waals surface area contributed by atoms with Gasteiger partial charge in [-0.05, 0) is 31.2 Å². The van der Waals surface area contributed by atoms with Crippen molar-refractivity contribution >= 4 is 17.4 Å². The second-order valence-electron chi connectivity index (χ2n) is 8.00. The van der Waals surface area contributed by atoms with Crippen molar-refractivity contribution in [2.75, 3.05) is 37.5 Å². The van der Waals surface area contributed by atoms with Crippen molar-refractivity contribution < 1.29 is 54.8 Å². The second-order valence-corrected chi connectivity index (χ2v) is 8.00. The molecule has 0 spiro atoms. The Morgan fingerprint density at radius 2 is 1.69 bits per heavy atom. The molecule has 0 aromatic heterocycles. The summed E-state index contributed by atoms with van der Waals surface area (Å²) in [5, 5.41) is 77.5. The Balaban J connectivity index is 2.11. The van der Waals surface area contributed by atoms with Crippen LogP contribution < -0.4 is 16.0 Å². The Morgan fingerprint density at radius 3 is 2.20 bits per heavy atom. The lowest BCUT2D eigenvalue weighted by atomic mass is 9.97. The van der Waals surface area contributed by atoms with Crippen molar-refractivity contribution in [2.24, 2.45) is 0 Å². The summed E-state index contributed by atoms with van der Waals surface area (Å²) in [6.07, 6.45) is -12.6. The zero-order valence-corrected chi connectivity index (χ0v) is 19.4. The molecule has 1 aliphatic rings. The van der Waals surface area contributed by atoms with Crippen LogP contribution in [-0.4, -0.2) is 124 Å². The van der Waals surface area contributed by atoms with Gasteiger partial charge in [0.25, 0.3) is 0 Å². The van der Waals surface area contributed by atoms with Gasteiger partial charge in [0.15, 0.2) is 12.5 Å². The Kier molecular flexibility index (Phi) is 11.5. The van der Waals surface area contributed by atoms with E-state index in [-0.39, 0.29) is 0 Å². The summed E-state index contributed by atoms with van der Waals surface area (Å²) in [5.41, 5.74) is 0.980. The number of anilines is 2. The molecule has 0 radical (unpaired) electrons. The minimum Gasteiger partial charge on any atom is -0.394 e. The molecular formula is C21H35N3O11. The first-order chi connectivity index (χ1) is 16.6. The number of ether oxygens (including phenoxy) is 3. The molecule has 1 aromatic carbocycles. The quantitative estimate of drug-likeness (QED) is 0.129. The van der Waals surface area contributed by atoms with Gasteiger partial charge in [0.05, 0.1) is 25.9 Å². The van der Waals surface area contributed by atoms with E-state index in [0.29, 0.717) is 11.4 Å². The van der Waals surface area contributed by atoms with Crippen LogP contribution in [0.4, 0.5) is 16.2 Å². The van der Waals surface area contributed by atoms with Crippen molar-refractivity contribution in [1.29, 1.82) is 0 Å². The Bertz CT molecular complexity index is 767. The van der Waals surface area contributed by atoms with Gasteiger partial charge in [-0.15, -0.1) is 0 Å². The van der Waals surface area contributed by atoms with Gasteiger partial charge in [0.1, 0.15) is 36.6 Å². The molecule has 0 aliphatic carbocycles.